The Morgan fingerprint density at radius 2 is 1.96 bits per heavy atom. The second-order valence-corrected chi connectivity index (χ2v) is 6.51. The maximum Gasteiger partial charge on any atom is 0.233 e. The summed E-state index contributed by atoms with van der Waals surface area (Å²) in [5.74, 6) is 0.827. The Balaban J connectivity index is 1.83. The summed E-state index contributed by atoms with van der Waals surface area (Å²) >= 11 is 0. The number of pyridine rings is 1. The van der Waals surface area contributed by atoms with Gasteiger partial charge >= 0.3 is 0 Å². The van der Waals surface area contributed by atoms with Crippen LogP contribution in [-0.2, 0) is 9.59 Å². The zero-order valence-electron chi connectivity index (χ0n) is 15.9. The molecule has 1 aliphatic heterocycles. The van der Waals surface area contributed by atoms with E-state index < -0.39 is 5.92 Å². The second-order valence-electron chi connectivity index (χ2n) is 6.51. The Bertz CT molecular complexity index is 868. The van der Waals surface area contributed by atoms with Crippen LogP contribution >= 0.6 is 0 Å². The predicted octanol–water partition coefficient (Wildman–Crippen LogP) is 2.42. The lowest BCUT2D eigenvalue weighted by Gasteiger charge is -2.23. The highest BCUT2D eigenvalue weighted by molar-refractivity contribution is 6.05. The summed E-state index contributed by atoms with van der Waals surface area (Å²) < 4.78 is 10.7. The number of amides is 2. The van der Waals surface area contributed by atoms with Crippen LogP contribution < -0.4 is 19.3 Å². The van der Waals surface area contributed by atoms with Gasteiger partial charge in [0.25, 0.3) is 0 Å². The van der Waals surface area contributed by atoms with Gasteiger partial charge in [0.1, 0.15) is 5.75 Å². The van der Waals surface area contributed by atoms with E-state index in [4.69, 9.17) is 9.47 Å². The van der Waals surface area contributed by atoms with Crippen molar-refractivity contribution < 1.29 is 19.1 Å². The molecule has 142 valence electrons. The Labute approximate surface area is 158 Å². The zero-order valence-corrected chi connectivity index (χ0v) is 15.9. The summed E-state index contributed by atoms with van der Waals surface area (Å²) in [6.07, 6.45) is 1.75. The summed E-state index contributed by atoms with van der Waals surface area (Å²) in [5, 5.41) is 0. The summed E-state index contributed by atoms with van der Waals surface area (Å²) in [6.45, 7) is 2.25. The van der Waals surface area contributed by atoms with Crippen molar-refractivity contribution in [2.45, 2.75) is 13.3 Å². The average Bonchev–Trinajstić information content (AvgIpc) is 3.08. The molecule has 2 heterocycles. The topological polar surface area (TPSA) is 72.0 Å². The molecule has 2 aromatic rings. The van der Waals surface area contributed by atoms with Crippen molar-refractivity contribution in [1.82, 2.24) is 4.98 Å². The first-order chi connectivity index (χ1) is 13.0. The molecule has 3 rings (SSSR count). The number of hydrogen-bond donors (Lipinski definition) is 0. The van der Waals surface area contributed by atoms with E-state index in [1.165, 1.54) is 12.0 Å². The van der Waals surface area contributed by atoms with Crippen molar-refractivity contribution in [1.29, 1.82) is 0 Å². The lowest BCUT2D eigenvalue weighted by atomic mass is 10.1. The SMILES string of the molecule is COc1ccc(C)cc1N1C[C@@H](C(=O)N(C)c2ncccc2OC)CC1=O. The van der Waals surface area contributed by atoms with E-state index in [0.29, 0.717) is 29.5 Å². The molecule has 0 N–H and O–H groups in total. The monoisotopic (exact) mass is 369 g/mol. The molecule has 1 saturated heterocycles. The van der Waals surface area contributed by atoms with Gasteiger partial charge in [-0.05, 0) is 36.8 Å². The minimum atomic E-state index is -0.459. The van der Waals surface area contributed by atoms with Crippen LogP contribution in [0.4, 0.5) is 11.5 Å². The first-order valence-corrected chi connectivity index (χ1v) is 8.67. The molecule has 0 bridgehead atoms. The van der Waals surface area contributed by atoms with Crippen molar-refractivity contribution in [3.63, 3.8) is 0 Å². The molecular weight excluding hydrogens is 346 g/mol. The molecule has 1 atom stereocenters. The number of benzene rings is 1. The number of aryl methyl sites for hydroxylation is 1. The summed E-state index contributed by atoms with van der Waals surface area (Å²) in [4.78, 5) is 32.9. The van der Waals surface area contributed by atoms with Crippen LogP contribution in [0.15, 0.2) is 36.5 Å². The minimum Gasteiger partial charge on any atom is -0.495 e. The number of carbonyl (C=O) groups is 2. The molecule has 7 nitrogen and oxygen atoms in total. The molecule has 0 saturated carbocycles. The molecule has 1 aromatic heterocycles. The first kappa shape index (κ1) is 18.7. The van der Waals surface area contributed by atoms with Crippen LogP contribution in [-0.4, -0.2) is 44.6 Å². The summed E-state index contributed by atoms with van der Waals surface area (Å²) in [6, 6.07) is 9.14. The summed E-state index contributed by atoms with van der Waals surface area (Å²) in [5.41, 5.74) is 1.71. The molecule has 1 aliphatic rings. The van der Waals surface area contributed by atoms with Gasteiger partial charge in [-0.2, -0.15) is 0 Å². The van der Waals surface area contributed by atoms with Gasteiger partial charge in [-0.15, -0.1) is 0 Å². The van der Waals surface area contributed by atoms with Gasteiger partial charge in [-0.25, -0.2) is 4.98 Å². The minimum absolute atomic E-state index is 0.0985. The number of methoxy groups -OCH3 is 2. The summed E-state index contributed by atoms with van der Waals surface area (Å²) in [7, 11) is 4.75. The van der Waals surface area contributed by atoms with Gasteiger partial charge in [0.2, 0.25) is 11.8 Å². The van der Waals surface area contributed by atoms with Crippen LogP contribution in [0, 0.1) is 12.8 Å². The Hall–Kier alpha value is -3.09. The Kier molecular flexibility index (Phi) is 5.30. The van der Waals surface area contributed by atoms with Gasteiger partial charge in [-0.3, -0.25) is 14.5 Å². The van der Waals surface area contributed by atoms with Crippen molar-refractivity contribution in [3.8, 4) is 11.5 Å². The third-order valence-corrected chi connectivity index (χ3v) is 4.72. The molecular formula is C20H23N3O4. The molecule has 1 fully saturated rings. The molecule has 27 heavy (non-hydrogen) atoms. The van der Waals surface area contributed by atoms with Crippen LogP contribution in [0.1, 0.15) is 12.0 Å². The van der Waals surface area contributed by atoms with Gasteiger partial charge in [-0.1, -0.05) is 6.07 Å². The molecule has 0 spiro atoms. The van der Waals surface area contributed by atoms with E-state index >= 15 is 0 Å². The van der Waals surface area contributed by atoms with Gasteiger partial charge in [0, 0.05) is 26.2 Å². The highest BCUT2D eigenvalue weighted by atomic mass is 16.5. The predicted molar refractivity (Wildman–Crippen MR) is 102 cm³/mol. The fourth-order valence-electron chi connectivity index (χ4n) is 3.29. The second kappa shape index (κ2) is 7.65. The first-order valence-electron chi connectivity index (χ1n) is 8.67. The standard InChI is InChI=1S/C20H23N3O4/c1-13-7-8-16(26-3)15(10-13)23-12-14(11-18(23)24)20(25)22(2)19-17(27-4)6-5-9-21-19/h5-10,14H,11-12H2,1-4H3/t14-/m0/s1. The van der Waals surface area contributed by atoms with E-state index in [1.54, 1.807) is 37.4 Å². The van der Waals surface area contributed by atoms with Crippen LogP contribution in [0.5, 0.6) is 11.5 Å². The van der Waals surface area contributed by atoms with Crippen LogP contribution in [0.3, 0.4) is 0 Å². The molecule has 0 aliphatic carbocycles. The molecule has 0 unspecified atom stereocenters. The Morgan fingerprint density at radius 1 is 1.22 bits per heavy atom. The number of aromatic nitrogens is 1. The molecule has 0 radical (unpaired) electrons. The molecule has 7 heteroatoms. The van der Waals surface area contributed by atoms with E-state index in [-0.39, 0.29) is 18.2 Å². The van der Waals surface area contributed by atoms with Gasteiger partial charge in [0.15, 0.2) is 11.6 Å². The number of hydrogen-bond acceptors (Lipinski definition) is 5. The van der Waals surface area contributed by atoms with Crippen molar-refractivity contribution in [2.24, 2.45) is 5.92 Å². The van der Waals surface area contributed by atoms with E-state index in [1.807, 2.05) is 25.1 Å². The van der Waals surface area contributed by atoms with Crippen molar-refractivity contribution in [2.75, 3.05) is 37.6 Å². The molecule has 1 aromatic carbocycles. The van der Waals surface area contributed by atoms with E-state index in [2.05, 4.69) is 4.98 Å². The fraction of sp³-hybridized carbons (Fsp3) is 0.350. The number of rotatable bonds is 5. The van der Waals surface area contributed by atoms with Crippen molar-refractivity contribution in [3.05, 3.63) is 42.1 Å². The van der Waals surface area contributed by atoms with Crippen LogP contribution in [0.25, 0.3) is 0 Å². The Morgan fingerprint density at radius 3 is 2.67 bits per heavy atom. The number of ether oxygens (including phenoxy) is 2. The highest BCUT2D eigenvalue weighted by Gasteiger charge is 2.38. The maximum atomic E-state index is 13.0. The third-order valence-electron chi connectivity index (χ3n) is 4.72. The lowest BCUT2D eigenvalue weighted by Crippen LogP contribution is -2.35. The van der Waals surface area contributed by atoms with Gasteiger partial charge in [0.05, 0.1) is 25.8 Å². The van der Waals surface area contributed by atoms with E-state index in [0.717, 1.165) is 5.56 Å². The average molecular weight is 369 g/mol. The number of carbonyl (C=O) groups excluding carboxylic acids is 2. The largest absolute Gasteiger partial charge is 0.495 e. The highest BCUT2D eigenvalue weighted by Crippen LogP contribution is 2.35. The maximum absolute atomic E-state index is 13.0. The van der Waals surface area contributed by atoms with Gasteiger partial charge < -0.3 is 14.4 Å². The lowest BCUT2D eigenvalue weighted by molar-refractivity contribution is -0.124. The van der Waals surface area contributed by atoms with Crippen molar-refractivity contribution >= 4 is 23.3 Å². The normalized spacial score (nSPS) is 16.4. The third kappa shape index (κ3) is 3.58. The van der Waals surface area contributed by atoms with E-state index in [9.17, 15) is 9.59 Å². The quantitative estimate of drug-likeness (QED) is 0.809. The number of nitrogens with zero attached hydrogens (tertiary/aromatic N) is 3. The fourth-order valence-corrected chi connectivity index (χ4v) is 3.29. The smallest absolute Gasteiger partial charge is 0.233 e. The zero-order chi connectivity index (χ0) is 19.6. The molecule has 2 amide bonds. The number of anilines is 2. The van der Waals surface area contributed by atoms with Crippen LogP contribution in [0.2, 0.25) is 0 Å².